The van der Waals surface area contributed by atoms with Crippen molar-refractivity contribution in [1.29, 1.82) is 0 Å². The van der Waals surface area contributed by atoms with Gasteiger partial charge in [0.05, 0.1) is 0 Å². The van der Waals surface area contributed by atoms with Gasteiger partial charge in [-0.25, -0.2) is 0 Å². The lowest BCUT2D eigenvalue weighted by Gasteiger charge is -2.10. The summed E-state index contributed by atoms with van der Waals surface area (Å²) in [5.41, 5.74) is 1.03. The molecule has 0 aromatic heterocycles. The van der Waals surface area contributed by atoms with Crippen molar-refractivity contribution in [2.45, 2.75) is 19.6 Å². The molecule has 0 amide bonds. The highest BCUT2D eigenvalue weighted by Crippen LogP contribution is 2.16. The van der Waals surface area contributed by atoms with Crippen LogP contribution in [0.1, 0.15) is 5.56 Å². The quantitative estimate of drug-likeness (QED) is 0.433. The Bertz CT molecular complexity index is 380. The van der Waals surface area contributed by atoms with Crippen molar-refractivity contribution in [3.05, 3.63) is 42.5 Å². The summed E-state index contributed by atoms with van der Waals surface area (Å²) in [6.07, 6.45) is 3.66. The number of hydrogen-bond acceptors (Lipinski definition) is 2. The minimum Gasteiger partial charge on any atom is -0.489 e. The number of hydrogen-bond donors (Lipinski definition) is 0. The van der Waals surface area contributed by atoms with E-state index in [0.717, 1.165) is 11.3 Å². The van der Waals surface area contributed by atoms with E-state index in [9.17, 15) is 0 Å². The van der Waals surface area contributed by atoms with E-state index in [1.165, 1.54) is 0 Å². The first-order chi connectivity index (χ1) is 7.53. The molecule has 16 heavy (non-hydrogen) atoms. The summed E-state index contributed by atoms with van der Waals surface area (Å²) >= 11 is 0. The minimum absolute atomic E-state index is 0.526. The topological polar surface area (TPSA) is 21.6 Å². The number of para-hydroxylation sites is 1. The van der Waals surface area contributed by atoms with Crippen LogP contribution in [-0.2, 0) is 0 Å². The molecule has 1 rings (SSSR count). The predicted octanol–water partition coefficient (Wildman–Crippen LogP) is 3.51. The zero-order valence-electron chi connectivity index (χ0n) is 10.2. The van der Waals surface area contributed by atoms with Crippen LogP contribution in [0.2, 0.25) is 19.6 Å². The highest BCUT2D eigenvalue weighted by atomic mass is 28.3. The first kappa shape index (κ1) is 12.7. The van der Waals surface area contributed by atoms with Crippen LogP contribution < -0.4 is 4.74 Å². The maximum atomic E-state index is 5.56. The normalized spacial score (nSPS) is 11.7. The SMILES string of the molecule is C=CCOc1ccccc1/C=N/[Si](C)(C)C. The molecule has 0 radical (unpaired) electrons. The Morgan fingerprint density at radius 3 is 2.62 bits per heavy atom. The van der Waals surface area contributed by atoms with Gasteiger partial charge in [-0.05, 0) is 31.8 Å². The molecule has 0 N–H and O–H groups in total. The van der Waals surface area contributed by atoms with Crippen LogP contribution in [0.4, 0.5) is 0 Å². The summed E-state index contributed by atoms with van der Waals surface area (Å²) in [5.74, 6) is 0.865. The first-order valence-electron chi connectivity index (χ1n) is 5.41. The van der Waals surface area contributed by atoms with E-state index >= 15 is 0 Å². The summed E-state index contributed by atoms with van der Waals surface area (Å²) in [5, 5.41) is 0. The lowest BCUT2D eigenvalue weighted by molar-refractivity contribution is 0.363. The molecular weight excluding hydrogens is 214 g/mol. The van der Waals surface area contributed by atoms with E-state index < -0.39 is 8.24 Å². The van der Waals surface area contributed by atoms with Crippen molar-refractivity contribution in [1.82, 2.24) is 0 Å². The van der Waals surface area contributed by atoms with Gasteiger partial charge in [-0.1, -0.05) is 24.8 Å². The molecule has 0 saturated carbocycles. The monoisotopic (exact) mass is 233 g/mol. The molecule has 0 unspecified atom stereocenters. The maximum absolute atomic E-state index is 5.56. The molecule has 1 aromatic rings. The fraction of sp³-hybridized carbons (Fsp3) is 0.308. The molecule has 86 valence electrons. The van der Waals surface area contributed by atoms with E-state index in [1.54, 1.807) is 6.08 Å². The molecule has 0 heterocycles. The van der Waals surface area contributed by atoms with E-state index in [1.807, 2.05) is 30.5 Å². The predicted molar refractivity (Wildman–Crippen MR) is 73.1 cm³/mol. The number of nitrogens with zero attached hydrogens (tertiary/aromatic N) is 1. The average molecular weight is 233 g/mol. The molecule has 1 aromatic carbocycles. The number of benzene rings is 1. The van der Waals surface area contributed by atoms with E-state index in [4.69, 9.17) is 4.74 Å². The number of rotatable bonds is 5. The van der Waals surface area contributed by atoms with Crippen molar-refractivity contribution in [2.24, 2.45) is 4.66 Å². The van der Waals surface area contributed by atoms with Crippen LogP contribution in [0.3, 0.4) is 0 Å². The number of ether oxygens (including phenoxy) is 1. The lowest BCUT2D eigenvalue weighted by Crippen LogP contribution is -2.16. The van der Waals surface area contributed by atoms with Gasteiger partial charge in [0.1, 0.15) is 12.4 Å². The molecule has 0 aliphatic carbocycles. The van der Waals surface area contributed by atoms with Crippen LogP contribution in [0, 0.1) is 0 Å². The van der Waals surface area contributed by atoms with Gasteiger partial charge in [0.25, 0.3) is 0 Å². The van der Waals surface area contributed by atoms with Gasteiger partial charge in [0.15, 0.2) is 8.24 Å². The molecule has 0 saturated heterocycles. The van der Waals surface area contributed by atoms with Gasteiger partial charge in [-0.2, -0.15) is 0 Å². The van der Waals surface area contributed by atoms with Gasteiger partial charge in [-0.15, -0.1) is 0 Å². The molecule has 2 nitrogen and oxygen atoms in total. The van der Waals surface area contributed by atoms with Gasteiger partial charge < -0.3 is 9.39 Å². The molecular formula is C13H19NOSi. The summed E-state index contributed by atoms with van der Waals surface area (Å²) < 4.78 is 10.2. The molecule has 0 aliphatic heterocycles. The Labute approximate surface area is 98.8 Å². The smallest absolute Gasteiger partial charge is 0.172 e. The van der Waals surface area contributed by atoms with Gasteiger partial charge in [0.2, 0.25) is 0 Å². The molecule has 3 heteroatoms. The van der Waals surface area contributed by atoms with Crippen molar-refractivity contribution >= 4 is 14.5 Å². The van der Waals surface area contributed by atoms with Crippen molar-refractivity contribution in [3.63, 3.8) is 0 Å². The van der Waals surface area contributed by atoms with Gasteiger partial charge in [0, 0.05) is 11.8 Å². The summed E-state index contributed by atoms with van der Waals surface area (Å²) in [6, 6.07) is 7.92. The Balaban J connectivity index is 2.86. The zero-order valence-corrected chi connectivity index (χ0v) is 11.2. The Morgan fingerprint density at radius 1 is 1.31 bits per heavy atom. The highest BCUT2D eigenvalue weighted by molar-refractivity contribution is 6.75. The first-order valence-corrected chi connectivity index (χ1v) is 8.85. The standard InChI is InChI=1S/C13H19NOSi/c1-5-10-15-13-9-7-6-8-12(13)11-14-16(2,3)4/h5-9,11H,1,10H2,2-4H3/b14-11+. The summed E-state index contributed by atoms with van der Waals surface area (Å²) in [7, 11) is -1.40. The lowest BCUT2D eigenvalue weighted by atomic mass is 10.2. The van der Waals surface area contributed by atoms with Crippen LogP contribution in [0.5, 0.6) is 5.75 Å². The minimum atomic E-state index is -1.40. The molecule has 0 atom stereocenters. The van der Waals surface area contributed by atoms with E-state index in [2.05, 4.69) is 30.9 Å². The van der Waals surface area contributed by atoms with Crippen molar-refractivity contribution in [2.75, 3.05) is 6.61 Å². The van der Waals surface area contributed by atoms with Crippen LogP contribution in [-0.4, -0.2) is 21.1 Å². The van der Waals surface area contributed by atoms with Gasteiger partial charge >= 0.3 is 0 Å². The fourth-order valence-corrected chi connectivity index (χ4v) is 1.66. The third kappa shape index (κ3) is 4.44. The van der Waals surface area contributed by atoms with Crippen LogP contribution in [0.25, 0.3) is 0 Å². The molecule has 0 spiro atoms. The molecule has 0 bridgehead atoms. The Kier molecular flexibility index (Phi) is 4.49. The third-order valence-corrected chi connectivity index (χ3v) is 2.77. The van der Waals surface area contributed by atoms with E-state index in [0.29, 0.717) is 6.61 Å². The second-order valence-electron chi connectivity index (χ2n) is 4.57. The van der Waals surface area contributed by atoms with Crippen molar-refractivity contribution in [3.8, 4) is 5.75 Å². The second-order valence-corrected chi connectivity index (χ2v) is 9.17. The van der Waals surface area contributed by atoms with Crippen LogP contribution >= 0.6 is 0 Å². The fourth-order valence-electron chi connectivity index (χ4n) is 1.13. The van der Waals surface area contributed by atoms with Crippen LogP contribution in [0.15, 0.2) is 41.6 Å². The third-order valence-electron chi connectivity index (χ3n) is 1.87. The summed E-state index contributed by atoms with van der Waals surface area (Å²) in [6.45, 7) is 10.8. The summed E-state index contributed by atoms with van der Waals surface area (Å²) in [4.78, 5) is 0. The zero-order chi connectivity index (χ0) is 12.0. The molecule has 0 aliphatic rings. The van der Waals surface area contributed by atoms with Crippen molar-refractivity contribution < 1.29 is 4.74 Å². The Morgan fingerprint density at radius 2 is 2.00 bits per heavy atom. The molecule has 0 fully saturated rings. The Hall–Kier alpha value is -1.35. The van der Waals surface area contributed by atoms with Gasteiger partial charge in [-0.3, -0.25) is 0 Å². The average Bonchev–Trinajstić information content (AvgIpc) is 2.23. The maximum Gasteiger partial charge on any atom is 0.172 e. The van der Waals surface area contributed by atoms with E-state index in [-0.39, 0.29) is 0 Å². The second kappa shape index (κ2) is 5.65. The highest BCUT2D eigenvalue weighted by Gasteiger charge is 2.10. The largest absolute Gasteiger partial charge is 0.489 e.